The molecule has 2 aromatic rings. The van der Waals surface area contributed by atoms with Crippen molar-refractivity contribution >= 4 is 39.6 Å². The summed E-state index contributed by atoms with van der Waals surface area (Å²) in [6, 6.07) is 2.04. The third-order valence-electron chi connectivity index (χ3n) is 3.48. The molecule has 3 rings (SSSR count). The summed E-state index contributed by atoms with van der Waals surface area (Å²) in [6.07, 6.45) is 3.51. The fourth-order valence-corrected chi connectivity index (χ4v) is 3.88. The van der Waals surface area contributed by atoms with Gasteiger partial charge in [-0.2, -0.15) is 11.3 Å². The molecular weight excluding hydrogens is 306 g/mol. The third kappa shape index (κ3) is 2.98. The maximum atomic E-state index is 12.4. The standard InChI is InChI=1S/C14H15N3O2S2/c1-9-7-15-14(21-9)16-12(18)13(19)17-5-2-3-11(17)10-4-6-20-8-10/h4,6-8,11H,2-3,5H2,1H3,(H,15,16,18). The molecule has 2 aromatic heterocycles. The Labute approximate surface area is 130 Å². The van der Waals surface area contributed by atoms with Crippen LogP contribution in [-0.2, 0) is 9.59 Å². The van der Waals surface area contributed by atoms with Gasteiger partial charge in [0.15, 0.2) is 5.13 Å². The number of rotatable bonds is 2. The summed E-state index contributed by atoms with van der Waals surface area (Å²) in [6.45, 7) is 2.53. The Hall–Kier alpha value is -1.73. The van der Waals surface area contributed by atoms with Crippen LogP contribution in [0, 0.1) is 6.92 Å². The van der Waals surface area contributed by atoms with Crippen LogP contribution < -0.4 is 5.32 Å². The van der Waals surface area contributed by atoms with E-state index in [0.717, 1.165) is 23.3 Å². The van der Waals surface area contributed by atoms with Crippen LogP contribution in [-0.4, -0.2) is 28.2 Å². The van der Waals surface area contributed by atoms with Gasteiger partial charge in [-0.1, -0.05) is 0 Å². The minimum atomic E-state index is -0.605. The number of carbonyl (C=O) groups excluding carboxylic acids is 2. The summed E-state index contributed by atoms with van der Waals surface area (Å²) >= 11 is 2.97. The number of carbonyl (C=O) groups is 2. The zero-order valence-corrected chi connectivity index (χ0v) is 13.2. The van der Waals surface area contributed by atoms with E-state index >= 15 is 0 Å². The molecule has 1 saturated heterocycles. The second-order valence-corrected chi connectivity index (χ2v) is 6.96. The van der Waals surface area contributed by atoms with Crippen molar-refractivity contribution in [3.05, 3.63) is 33.5 Å². The van der Waals surface area contributed by atoms with Gasteiger partial charge >= 0.3 is 11.8 Å². The van der Waals surface area contributed by atoms with E-state index in [1.807, 2.05) is 23.8 Å². The first-order chi connectivity index (χ1) is 10.1. The van der Waals surface area contributed by atoms with E-state index in [-0.39, 0.29) is 6.04 Å². The highest BCUT2D eigenvalue weighted by molar-refractivity contribution is 7.15. The molecule has 7 heteroatoms. The summed E-state index contributed by atoms with van der Waals surface area (Å²) in [5, 5.41) is 7.09. The molecule has 0 radical (unpaired) electrons. The monoisotopic (exact) mass is 321 g/mol. The molecule has 1 N–H and O–H groups in total. The maximum Gasteiger partial charge on any atom is 0.315 e. The lowest BCUT2D eigenvalue weighted by Gasteiger charge is -2.23. The van der Waals surface area contributed by atoms with Crippen LogP contribution in [0.15, 0.2) is 23.0 Å². The number of anilines is 1. The molecule has 0 aromatic carbocycles. The lowest BCUT2D eigenvalue weighted by Crippen LogP contribution is -2.39. The largest absolute Gasteiger partial charge is 0.327 e. The van der Waals surface area contributed by atoms with Gasteiger partial charge in [-0.15, -0.1) is 11.3 Å². The summed E-state index contributed by atoms with van der Waals surface area (Å²) in [5.41, 5.74) is 1.11. The second-order valence-electron chi connectivity index (χ2n) is 4.94. The predicted octanol–water partition coefficient (Wildman–Crippen LogP) is 2.82. The van der Waals surface area contributed by atoms with Crippen LogP contribution in [0.5, 0.6) is 0 Å². The summed E-state index contributed by atoms with van der Waals surface area (Å²) in [5.74, 6) is -1.08. The Kier molecular flexibility index (Phi) is 4.03. The van der Waals surface area contributed by atoms with E-state index in [9.17, 15) is 9.59 Å². The van der Waals surface area contributed by atoms with Gasteiger partial charge in [0.25, 0.3) is 0 Å². The fraction of sp³-hybridized carbons (Fsp3) is 0.357. The number of likely N-dealkylation sites (tertiary alicyclic amines) is 1. The van der Waals surface area contributed by atoms with Gasteiger partial charge in [-0.3, -0.25) is 14.9 Å². The van der Waals surface area contributed by atoms with Crippen LogP contribution in [0.25, 0.3) is 0 Å². The van der Waals surface area contributed by atoms with Crippen molar-refractivity contribution in [2.75, 3.05) is 11.9 Å². The number of thiazole rings is 1. The summed E-state index contributed by atoms with van der Waals surface area (Å²) in [4.78, 5) is 31.2. The van der Waals surface area contributed by atoms with Crippen molar-refractivity contribution in [3.63, 3.8) is 0 Å². The summed E-state index contributed by atoms with van der Waals surface area (Å²) < 4.78 is 0. The molecule has 110 valence electrons. The number of hydrogen-bond donors (Lipinski definition) is 1. The third-order valence-corrected chi connectivity index (χ3v) is 5.01. The average molecular weight is 321 g/mol. The van der Waals surface area contributed by atoms with Crippen molar-refractivity contribution in [2.45, 2.75) is 25.8 Å². The molecule has 3 heterocycles. The number of hydrogen-bond acceptors (Lipinski definition) is 5. The predicted molar refractivity (Wildman–Crippen MR) is 83.5 cm³/mol. The van der Waals surface area contributed by atoms with E-state index < -0.39 is 11.8 Å². The van der Waals surface area contributed by atoms with E-state index in [1.165, 1.54) is 11.3 Å². The van der Waals surface area contributed by atoms with E-state index in [1.54, 1.807) is 22.4 Å². The van der Waals surface area contributed by atoms with Gasteiger partial charge in [0.05, 0.1) is 6.04 Å². The zero-order chi connectivity index (χ0) is 14.8. The molecule has 5 nitrogen and oxygen atoms in total. The number of aromatic nitrogens is 1. The lowest BCUT2D eigenvalue weighted by atomic mass is 10.1. The van der Waals surface area contributed by atoms with Crippen LogP contribution in [0.1, 0.15) is 29.3 Å². The molecule has 1 unspecified atom stereocenters. The van der Waals surface area contributed by atoms with Crippen LogP contribution in [0.2, 0.25) is 0 Å². The first-order valence-corrected chi connectivity index (χ1v) is 8.47. The van der Waals surface area contributed by atoms with Crippen LogP contribution in [0.4, 0.5) is 5.13 Å². The number of thiophene rings is 1. The smallest absolute Gasteiger partial charge is 0.315 e. The van der Waals surface area contributed by atoms with Crippen LogP contribution in [0.3, 0.4) is 0 Å². The molecule has 1 atom stereocenters. The normalized spacial score (nSPS) is 18.0. The summed E-state index contributed by atoms with van der Waals surface area (Å²) in [7, 11) is 0. The minimum Gasteiger partial charge on any atom is -0.327 e. The molecule has 1 aliphatic rings. The number of nitrogens with zero attached hydrogens (tertiary/aromatic N) is 2. The van der Waals surface area contributed by atoms with E-state index in [0.29, 0.717) is 11.7 Å². The Bertz CT molecular complexity index is 651. The highest BCUT2D eigenvalue weighted by Crippen LogP contribution is 2.33. The highest BCUT2D eigenvalue weighted by atomic mass is 32.1. The molecule has 21 heavy (non-hydrogen) atoms. The van der Waals surface area contributed by atoms with Gasteiger partial charge in [0.2, 0.25) is 0 Å². The highest BCUT2D eigenvalue weighted by Gasteiger charge is 2.33. The van der Waals surface area contributed by atoms with Crippen molar-refractivity contribution in [3.8, 4) is 0 Å². The molecule has 0 spiro atoms. The number of aryl methyl sites for hydroxylation is 1. The lowest BCUT2D eigenvalue weighted by molar-refractivity contribution is -0.143. The molecule has 1 aliphatic heterocycles. The Morgan fingerprint density at radius 2 is 2.33 bits per heavy atom. The first-order valence-electron chi connectivity index (χ1n) is 6.71. The maximum absolute atomic E-state index is 12.4. The SMILES string of the molecule is Cc1cnc(NC(=O)C(=O)N2CCCC2c2ccsc2)s1. The molecule has 0 saturated carbocycles. The van der Waals surface area contributed by atoms with Crippen molar-refractivity contribution in [2.24, 2.45) is 0 Å². The van der Waals surface area contributed by atoms with Crippen molar-refractivity contribution in [1.82, 2.24) is 9.88 Å². The van der Waals surface area contributed by atoms with Crippen LogP contribution >= 0.6 is 22.7 Å². The Morgan fingerprint density at radius 1 is 1.48 bits per heavy atom. The Balaban J connectivity index is 1.70. The van der Waals surface area contributed by atoms with Gasteiger partial charge in [-0.25, -0.2) is 4.98 Å². The average Bonchev–Trinajstić information content (AvgIpc) is 3.18. The molecule has 2 amide bonds. The van der Waals surface area contributed by atoms with Gasteiger partial charge in [0, 0.05) is 17.6 Å². The molecule has 1 fully saturated rings. The van der Waals surface area contributed by atoms with Gasteiger partial charge in [-0.05, 0) is 42.2 Å². The number of amides is 2. The Morgan fingerprint density at radius 3 is 3.00 bits per heavy atom. The minimum absolute atomic E-state index is 0.0209. The fourth-order valence-electron chi connectivity index (χ4n) is 2.51. The van der Waals surface area contributed by atoms with E-state index in [2.05, 4.69) is 10.3 Å². The van der Waals surface area contributed by atoms with Gasteiger partial charge in [0.1, 0.15) is 0 Å². The number of nitrogens with one attached hydrogen (secondary N) is 1. The molecule has 0 aliphatic carbocycles. The second kappa shape index (κ2) is 5.95. The topological polar surface area (TPSA) is 62.3 Å². The zero-order valence-electron chi connectivity index (χ0n) is 11.5. The van der Waals surface area contributed by atoms with Crippen molar-refractivity contribution in [1.29, 1.82) is 0 Å². The van der Waals surface area contributed by atoms with Gasteiger partial charge < -0.3 is 4.90 Å². The van der Waals surface area contributed by atoms with E-state index in [4.69, 9.17) is 0 Å². The molecular formula is C14H15N3O2S2. The quantitative estimate of drug-likeness (QED) is 0.865. The molecule has 0 bridgehead atoms. The van der Waals surface area contributed by atoms with Crippen molar-refractivity contribution < 1.29 is 9.59 Å². The first kappa shape index (κ1) is 14.2.